The number of amides is 3. The molecule has 2 atom stereocenters. The number of hydrogen-bond donors (Lipinski definition) is 1. The highest BCUT2D eigenvalue weighted by Crippen LogP contribution is 2.38. The van der Waals surface area contributed by atoms with Gasteiger partial charge in [-0.05, 0) is 25.8 Å². The molecule has 3 amide bonds. The first kappa shape index (κ1) is 17.3. The second-order valence-electron chi connectivity index (χ2n) is 6.77. The smallest absolute Gasteiger partial charge is 0.244 e. The van der Waals surface area contributed by atoms with Crippen LogP contribution >= 0.6 is 0 Å². The molecule has 0 radical (unpaired) electrons. The summed E-state index contributed by atoms with van der Waals surface area (Å²) in [5.74, 6) is -1.36. The van der Waals surface area contributed by atoms with Crippen molar-refractivity contribution in [2.45, 2.75) is 19.8 Å². The Labute approximate surface area is 155 Å². The maximum Gasteiger partial charge on any atom is 0.244 e. The van der Waals surface area contributed by atoms with Gasteiger partial charge in [-0.25, -0.2) is 0 Å². The van der Waals surface area contributed by atoms with Crippen molar-refractivity contribution in [3.8, 4) is 11.5 Å². The van der Waals surface area contributed by atoms with E-state index in [2.05, 4.69) is 5.32 Å². The number of imide groups is 1. The molecule has 1 fully saturated rings. The van der Waals surface area contributed by atoms with Gasteiger partial charge in [0.2, 0.25) is 24.5 Å². The number of nitrogens with zero attached hydrogens (tertiary/aromatic N) is 1. The Hall–Kier alpha value is -3.16. The second kappa shape index (κ2) is 6.53. The second-order valence-corrected chi connectivity index (χ2v) is 6.77. The zero-order valence-corrected chi connectivity index (χ0v) is 14.7. The average molecular weight is 370 g/mol. The molecule has 2 heterocycles. The molecule has 8 nitrogen and oxygen atoms in total. The van der Waals surface area contributed by atoms with Gasteiger partial charge in [0, 0.05) is 11.6 Å². The average Bonchev–Trinajstić information content (AvgIpc) is 3.19. The Bertz CT molecular complexity index is 864. The van der Waals surface area contributed by atoms with Crippen molar-refractivity contribution in [2.75, 3.05) is 18.7 Å². The molecule has 1 aromatic carbocycles. The number of carbonyl (C=O) groups excluding carboxylic acids is 4. The number of anilines is 1. The molecule has 1 aliphatic carbocycles. The maximum atomic E-state index is 12.5. The number of nitrogens with one attached hydrogen (secondary N) is 1. The van der Waals surface area contributed by atoms with E-state index in [1.54, 1.807) is 0 Å². The zero-order chi connectivity index (χ0) is 19.1. The Morgan fingerprint density at radius 3 is 2.26 bits per heavy atom. The maximum absolute atomic E-state index is 12.5. The van der Waals surface area contributed by atoms with Crippen LogP contribution in [-0.4, -0.2) is 41.7 Å². The van der Waals surface area contributed by atoms with Crippen LogP contribution in [0.15, 0.2) is 24.3 Å². The predicted octanol–water partition coefficient (Wildman–Crippen LogP) is 1.51. The minimum absolute atomic E-state index is 0.0394. The van der Waals surface area contributed by atoms with Crippen LogP contribution in [0.1, 0.15) is 30.1 Å². The Morgan fingerprint density at radius 1 is 1.07 bits per heavy atom. The van der Waals surface area contributed by atoms with E-state index in [-0.39, 0.29) is 54.0 Å². The molecule has 140 valence electrons. The van der Waals surface area contributed by atoms with E-state index >= 15 is 0 Å². The lowest BCUT2D eigenvalue weighted by atomic mass is 9.85. The van der Waals surface area contributed by atoms with Crippen LogP contribution in [0.5, 0.6) is 11.5 Å². The molecule has 0 unspecified atom stereocenters. The molecule has 1 aromatic rings. The molecule has 0 spiro atoms. The molecule has 0 saturated carbocycles. The van der Waals surface area contributed by atoms with Crippen molar-refractivity contribution >= 4 is 29.2 Å². The SMILES string of the molecule is CC(=O)c1cc2c(cc1NC(=O)CN1C(=O)[C@H]3CC=CC[C@H]3C1=O)OCO2. The summed E-state index contributed by atoms with van der Waals surface area (Å²) in [5, 5.41) is 2.61. The molecule has 8 heteroatoms. The summed E-state index contributed by atoms with van der Waals surface area (Å²) in [6.45, 7) is 1.03. The minimum atomic E-state index is -0.551. The Morgan fingerprint density at radius 2 is 1.67 bits per heavy atom. The minimum Gasteiger partial charge on any atom is -0.454 e. The molecule has 1 saturated heterocycles. The van der Waals surface area contributed by atoms with E-state index in [0.29, 0.717) is 24.3 Å². The van der Waals surface area contributed by atoms with E-state index in [9.17, 15) is 19.2 Å². The summed E-state index contributed by atoms with van der Waals surface area (Å²) in [6, 6.07) is 3.01. The first-order chi connectivity index (χ1) is 13.0. The van der Waals surface area contributed by atoms with Crippen molar-refractivity contribution in [1.82, 2.24) is 4.90 Å². The predicted molar refractivity (Wildman–Crippen MR) is 93.3 cm³/mol. The van der Waals surface area contributed by atoms with Crippen molar-refractivity contribution in [3.05, 3.63) is 29.8 Å². The molecule has 2 aliphatic heterocycles. The van der Waals surface area contributed by atoms with Crippen molar-refractivity contribution < 1.29 is 28.7 Å². The van der Waals surface area contributed by atoms with Gasteiger partial charge in [-0.1, -0.05) is 12.2 Å². The number of Topliss-reactive ketones (excluding diaryl/α,β-unsaturated/α-hetero) is 1. The lowest BCUT2D eigenvalue weighted by Crippen LogP contribution is -2.38. The van der Waals surface area contributed by atoms with Gasteiger partial charge in [0.05, 0.1) is 17.5 Å². The van der Waals surface area contributed by atoms with Crippen LogP contribution in [-0.2, 0) is 14.4 Å². The van der Waals surface area contributed by atoms with Crippen LogP contribution in [0.4, 0.5) is 5.69 Å². The number of hydrogen-bond acceptors (Lipinski definition) is 6. The van der Waals surface area contributed by atoms with Gasteiger partial charge in [-0.15, -0.1) is 0 Å². The standard InChI is InChI=1S/C19H18N2O6/c1-10(22)13-6-15-16(27-9-26-15)7-14(13)20-17(23)8-21-18(24)11-4-2-3-5-12(11)19(21)25/h2-3,6-7,11-12H,4-5,8-9H2,1H3,(H,20,23)/t11-,12+. The number of benzene rings is 1. The summed E-state index contributed by atoms with van der Waals surface area (Å²) >= 11 is 0. The van der Waals surface area contributed by atoms with Gasteiger partial charge in [0.25, 0.3) is 0 Å². The van der Waals surface area contributed by atoms with Gasteiger partial charge in [0.1, 0.15) is 6.54 Å². The fourth-order valence-electron chi connectivity index (χ4n) is 3.69. The summed E-state index contributed by atoms with van der Waals surface area (Å²) < 4.78 is 10.5. The Balaban J connectivity index is 1.51. The fraction of sp³-hybridized carbons (Fsp3) is 0.368. The molecule has 0 aromatic heterocycles. The summed E-state index contributed by atoms with van der Waals surface area (Å²) in [5.41, 5.74) is 0.527. The third kappa shape index (κ3) is 2.97. The summed E-state index contributed by atoms with van der Waals surface area (Å²) in [7, 11) is 0. The van der Waals surface area contributed by atoms with Crippen LogP contribution in [0.2, 0.25) is 0 Å². The Kier molecular flexibility index (Phi) is 4.18. The third-order valence-electron chi connectivity index (χ3n) is 5.07. The monoisotopic (exact) mass is 370 g/mol. The number of rotatable bonds is 4. The molecule has 27 heavy (non-hydrogen) atoms. The lowest BCUT2D eigenvalue weighted by Gasteiger charge is -2.16. The summed E-state index contributed by atoms with van der Waals surface area (Å²) in [6.07, 6.45) is 4.82. The molecule has 3 aliphatic rings. The number of ketones is 1. The summed E-state index contributed by atoms with van der Waals surface area (Å²) in [4.78, 5) is 50.3. The number of fused-ring (bicyclic) bond motifs is 2. The van der Waals surface area contributed by atoms with Gasteiger partial charge >= 0.3 is 0 Å². The fourth-order valence-corrected chi connectivity index (χ4v) is 3.69. The van der Waals surface area contributed by atoms with Crippen molar-refractivity contribution in [3.63, 3.8) is 0 Å². The van der Waals surface area contributed by atoms with Crippen LogP contribution in [0.25, 0.3) is 0 Å². The number of likely N-dealkylation sites (tertiary alicyclic amines) is 1. The van der Waals surface area contributed by atoms with Gasteiger partial charge in [-0.2, -0.15) is 0 Å². The van der Waals surface area contributed by atoms with Gasteiger partial charge < -0.3 is 14.8 Å². The van der Waals surface area contributed by atoms with Gasteiger partial charge in [0.15, 0.2) is 17.3 Å². The largest absolute Gasteiger partial charge is 0.454 e. The van der Waals surface area contributed by atoms with Crippen LogP contribution in [0, 0.1) is 11.8 Å². The van der Waals surface area contributed by atoms with E-state index in [1.165, 1.54) is 19.1 Å². The highest BCUT2D eigenvalue weighted by Gasteiger charge is 2.47. The topological polar surface area (TPSA) is 102 Å². The van der Waals surface area contributed by atoms with Crippen LogP contribution < -0.4 is 14.8 Å². The number of carbonyl (C=O) groups is 4. The highest BCUT2D eigenvalue weighted by molar-refractivity contribution is 6.10. The van der Waals surface area contributed by atoms with Crippen molar-refractivity contribution in [2.24, 2.45) is 11.8 Å². The molecule has 1 N–H and O–H groups in total. The van der Waals surface area contributed by atoms with E-state index in [4.69, 9.17) is 9.47 Å². The first-order valence-electron chi connectivity index (χ1n) is 8.70. The van der Waals surface area contributed by atoms with Crippen molar-refractivity contribution in [1.29, 1.82) is 0 Å². The zero-order valence-electron chi connectivity index (χ0n) is 14.7. The highest BCUT2D eigenvalue weighted by atomic mass is 16.7. The van der Waals surface area contributed by atoms with E-state index in [1.807, 2.05) is 12.2 Å². The first-order valence-corrected chi connectivity index (χ1v) is 8.70. The van der Waals surface area contributed by atoms with E-state index < -0.39 is 5.91 Å². The number of ether oxygens (including phenoxy) is 2. The van der Waals surface area contributed by atoms with Crippen LogP contribution in [0.3, 0.4) is 0 Å². The molecule has 4 rings (SSSR count). The lowest BCUT2D eigenvalue weighted by molar-refractivity contribution is -0.142. The van der Waals surface area contributed by atoms with E-state index in [0.717, 1.165) is 4.90 Å². The molecular formula is C19H18N2O6. The third-order valence-corrected chi connectivity index (χ3v) is 5.07. The quantitative estimate of drug-likeness (QED) is 0.490. The number of allylic oxidation sites excluding steroid dienone is 2. The molecular weight excluding hydrogens is 352 g/mol. The van der Waals surface area contributed by atoms with Gasteiger partial charge in [-0.3, -0.25) is 24.1 Å². The molecule has 0 bridgehead atoms. The normalized spacial score (nSPS) is 22.8.